The molecule has 3 unspecified atom stereocenters. The van der Waals surface area contributed by atoms with Crippen molar-refractivity contribution < 1.29 is 31.9 Å². The summed E-state index contributed by atoms with van der Waals surface area (Å²) in [6.45, 7) is 1.49. The van der Waals surface area contributed by atoms with Gasteiger partial charge in [-0.05, 0) is 48.6 Å². The van der Waals surface area contributed by atoms with Crippen molar-refractivity contribution in [2.24, 2.45) is 0 Å². The zero-order chi connectivity index (χ0) is 25.0. The van der Waals surface area contributed by atoms with Gasteiger partial charge in [0, 0.05) is 24.2 Å². The number of nitrogens with one attached hydrogen (secondary N) is 1. The molecule has 0 bridgehead atoms. The highest BCUT2D eigenvalue weighted by Crippen LogP contribution is 2.54. The molecule has 1 aliphatic carbocycles. The van der Waals surface area contributed by atoms with Crippen LogP contribution in [0.15, 0.2) is 24.3 Å². The number of benzene rings is 2. The number of aliphatic hydroxyl groups excluding tert-OH is 1. The van der Waals surface area contributed by atoms with Crippen molar-refractivity contribution in [2.45, 2.75) is 56.5 Å². The minimum atomic E-state index is -5.10. The van der Waals surface area contributed by atoms with Crippen LogP contribution in [0.1, 0.15) is 48.9 Å². The Kier molecular flexibility index (Phi) is 6.50. The maximum absolute atomic E-state index is 14.8. The largest absolute Gasteiger partial charge is 0.402 e. The Labute approximate surface area is 202 Å². The number of aliphatic hydroxyl groups is 1. The van der Waals surface area contributed by atoms with Gasteiger partial charge in [0.05, 0.1) is 11.1 Å². The summed E-state index contributed by atoms with van der Waals surface area (Å²) in [6, 6.07) is 5.30. The number of hydrogen-bond donors (Lipinski definition) is 2. The van der Waals surface area contributed by atoms with E-state index in [0.717, 1.165) is 16.0 Å². The molecule has 2 aromatic carbocycles. The van der Waals surface area contributed by atoms with E-state index in [4.69, 9.17) is 23.2 Å². The lowest BCUT2D eigenvalue weighted by Gasteiger charge is -2.37. The van der Waals surface area contributed by atoms with Crippen molar-refractivity contribution >= 4 is 34.8 Å². The van der Waals surface area contributed by atoms with E-state index in [1.807, 2.05) is 0 Å². The van der Waals surface area contributed by atoms with Crippen molar-refractivity contribution in [1.29, 1.82) is 0 Å². The fraction of sp³-hybridized carbons (Fsp3) is 0.435. The lowest BCUT2D eigenvalue weighted by atomic mass is 9.77. The van der Waals surface area contributed by atoms with E-state index in [-0.39, 0.29) is 18.5 Å². The van der Waals surface area contributed by atoms with Crippen LogP contribution >= 0.6 is 23.2 Å². The summed E-state index contributed by atoms with van der Waals surface area (Å²) >= 11 is 11.3. The zero-order valence-electron chi connectivity index (χ0n) is 17.9. The van der Waals surface area contributed by atoms with Crippen LogP contribution in [0.25, 0.3) is 0 Å². The molecule has 1 aliphatic heterocycles. The Bertz CT molecular complexity index is 1140. The Balaban J connectivity index is 1.73. The molecule has 2 aliphatic rings. The van der Waals surface area contributed by atoms with Crippen LogP contribution in [0.5, 0.6) is 0 Å². The molecule has 4 nitrogen and oxygen atoms in total. The highest BCUT2D eigenvalue weighted by molar-refractivity contribution is 6.35. The summed E-state index contributed by atoms with van der Waals surface area (Å²) in [4.78, 5) is 12.9. The molecular formula is C23H21Cl2F5N2O2. The van der Waals surface area contributed by atoms with Crippen LogP contribution in [0, 0.1) is 11.6 Å². The number of carbonyl (C=O) groups excluding carboxylic acids is 1. The normalized spacial score (nSPS) is 24.4. The maximum atomic E-state index is 14.8. The van der Waals surface area contributed by atoms with Gasteiger partial charge in [0.15, 0.2) is 5.82 Å². The van der Waals surface area contributed by atoms with Gasteiger partial charge in [0.2, 0.25) is 5.91 Å². The molecule has 1 heterocycles. The number of hydrogen-bond acceptors (Lipinski definition) is 3. The number of alkyl halides is 3. The number of rotatable bonds is 4. The molecule has 0 radical (unpaired) electrons. The highest BCUT2D eigenvalue weighted by atomic mass is 35.5. The molecule has 1 fully saturated rings. The minimum absolute atomic E-state index is 0.106. The fourth-order valence-corrected chi connectivity index (χ4v) is 5.38. The second kappa shape index (κ2) is 8.84. The van der Waals surface area contributed by atoms with Crippen molar-refractivity contribution in [3.8, 4) is 0 Å². The molecule has 184 valence electrons. The first-order chi connectivity index (χ1) is 15.9. The number of carbonyl (C=O) groups is 1. The number of halogens is 7. The average molecular weight is 523 g/mol. The third-order valence-electron chi connectivity index (χ3n) is 6.76. The summed E-state index contributed by atoms with van der Waals surface area (Å²) in [5, 5.41) is 12.0. The molecule has 3 atom stereocenters. The minimum Gasteiger partial charge on any atom is -0.372 e. The molecule has 2 aromatic rings. The number of fused-ring (bicyclic) bond motifs is 1. The molecule has 1 amide bonds. The number of aryl methyl sites for hydroxylation is 1. The summed E-state index contributed by atoms with van der Waals surface area (Å²) in [7, 11) is 0. The Morgan fingerprint density at radius 2 is 1.94 bits per heavy atom. The molecule has 0 spiro atoms. The number of amides is 1. The van der Waals surface area contributed by atoms with Crippen molar-refractivity contribution in [2.75, 3.05) is 11.4 Å². The second-order valence-corrected chi connectivity index (χ2v) is 9.31. The van der Waals surface area contributed by atoms with Gasteiger partial charge in [0.1, 0.15) is 22.5 Å². The standard InChI is InChI=1S/C23H21Cl2F5N2O2/c1-2-17(33)31-16-6-3-11-9-12(4-5-13(11)16)32-8-7-22(21(32)34,23(28,29)30)14-10-15(24)20(27)18(25)19(14)26/h4-5,9-10,16,21,34H,2-3,6-8H2,1H3,(H,31,33). The van der Waals surface area contributed by atoms with Gasteiger partial charge in [0.25, 0.3) is 0 Å². The maximum Gasteiger partial charge on any atom is 0.402 e. The van der Waals surface area contributed by atoms with Gasteiger partial charge >= 0.3 is 6.18 Å². The van der Waals surface area contributed by atoms with Crippen LogP contribution in [0.4, 0.5) is 27.6 Å². The first-order valence-corrected chi connectivity index (χ1v) is 11.4. The fourth-order valence-electron chi connectivity index (χ4n) is 4.93. The van der Waals surface area contributed by atoms with E-state index in [0.29, 0.717) is 31.0 Å². The van der Waals surface area contributed by atoms with Gasteiger partial charge in [-0.15, -0.1) is 0 Å². The predicted molar refractivity (Wildman–Crippen MR) is 118 cm³/mol. The lowest BCUT2D eigenvalue weighted by Crippen LogP contribution is -2.53. The molecule has 34 heavy (non-hydrogen) atoms. The third kappa shape index (κ3) is 3.82. The van der Waals surface area contributed by atoms with E-state index in [2.05, 4.69) is 5.32 Å². The van der Waals surface area contributed by atoms with Crippen molar-refractivity contribution in [3.63, 3.8) is 0 Å². The Hall–Kier alpha value is -2.10. The lowest BCUT2D eigenvalue weighted by molar-refractivity contribution is -0.211. The van der Waals surface area contributed by atoms with Crippen LogP contribution in [-0.2, 0) is 16.6 Å². The topological polar surface area (TPSA) is 52.6 Å². The van der Waals surface area contributed by atoms with Gasteiger partial charge < -0.3 is 15.3 Å². The van der Waals surface area contributed by atoms with E-state index < -0.39 is 51.5 Å². The first kappa shape index (κ1) is 25.0. The Morgan fingerprint density at radius 1 is 1.24 bits per heavy atom. The van der Waals surface area contributed by atoms with Gasteiger partial charge in [-0.3, -0.25) is 4.79 Å². The van der Waals surface area contributed by atoms with Gasteiger partial charge in [-0.25, -0.2) is 8.78 Å². The van der Waals surface area contributed by atoms with Gasteiger partial charge in [-0.2, -0.15) is 13.2 Å². The quantitative estimate of drug-likeness (QED) is 0.302. The first-order valence-electron chi connectivity index (χ1n) is 10.7. The predicted octanol–water partition coefficient (Wildman–Crippen LogP) is 5.81. The SMILES string of the molecule is CCC(=O)NC1CCc2cc(N3CCC(c4cc(Cl)c(F)c(Cl)c4F)(C(F)(F)F)C3O)ccc21. The zero-order valence-corrected chi connectivity index (χ0v) is 19.5. The van der Waals surface area contributed by atoms with E-state index in [1.165, 1.54) is 0 Å². The van der Waals surface area contributed by atoms with E-state index in [9.17, 15) is 31.9 Å². The molecule has 0 aromatic heterocycles. The van der Waals surface area contributed by atoms with Crippen molar-refractivity contribution in [3.05, 3.63) is 62.6 Å². The van der Waals surface area contributed by atoms with Crippen LogP contribution < -0.4 is 10.2 Å². The molecule has 0 saturated carbocycles. The van der Waals surface area contributed by atoms with E-state index >= 15 is 0 Å². The average Bonchev–Trinajstić information content (AvgIpc) is 3.35. The Morgan fingerprint density at radius 3 is 2.59 bits per heavy atom. The molecular weight excluding hydrogens is 502 g/mol. The summed E-state index contributed by atoms with van der Waals surface area (Å²) in [6.07, 6.45) is -6.42. The highest BCUT2D eigenvalue weighted by Gasteiger charge is 2.66. The molecule has 4 rings (SSSR count). The molecule has 2 N–H and O–H groups in total. The monoisotopic (exact) mass is 522 g/mol. The summed E-state index contributed by atoms with van der Waals surface area (Å²) in [5.41, 5.74) is -2.05. The number of nitrogens with zero attached hydrogens (tertiary/aromatic N) is 1. The summed E-state index contributed by atoms with van der Waals surface area (Å²) in [5.74, 6) is -3.08. The molecule has 11 heteroatoms. The molecule has 1 saturated heterocycles. The second-order valence-electron chi connectivity index (χ2n) is 8.53. The number of anilines is 1. The summed E-state index contributed by atoms with van der Waals surface area (Å²) < 4.78 is 72.0. The third-order valence-corrected chi connectivity index (χ3v) is 7.37. The smallest absolute Gasteiger partial charge is 0.372 e. The van der Waals surface area contributed by atoms with Crippen LogP contribution in [0.3, 0.4) is 0 Å². The van der Waals surface area contributed by atoms with Gasteiger partial charge in [-0.1, -0.05) is 36.2 Å². The van der Waals surface area contributed by atoms with Crippen LogP contribution in [-0.4, -0.2) is 30.0 Å². The van der Waals surface area contributed by atoms with E-state index in [1.54, 1.807) is 25.1 Å². The van der Waals surface area contributed by atoms with Crippen molar-refractivity contribution in [1.82, 2.24) is 5.32 Å². The van der Waals surface area contributed by atoms with Crippen LogP contribution in [0.2, 0.25) is 10.0 Å².